The van der Waals surface area contributed by atoms with Crippen molar-refractivity contribution < 1.29 is 10.0 Å². The molecule has 0 amide bonds. The Morgan fingerprint density at radius 1 is 1.33 bits per heavy atom. The molecule has 1 aromatic carbocycles. The quantitative estimate of drug-likeness (QED) is 0.630. The van der Waals surface area contributed by atoms with Crippen LogP contribution < -0.4 is 5.32 Å². The number of aliphatic hydroxyl groups is 1. The minimum atomic E-state index is -0.781. The van der Waals surface area contributed by atoms with E-state index in [9.17, 15) is 15.2 Å². The van der Waals surface area contributed by atoms with E-state index in [2.05, 4.69) is 10.3 Å². The van der Waals surface area contributed by atoms with Gasteiger partial charge in [-0.2, -0.15) is 0 Å². The molecule has 1 aromatic heterocycles. The van der Waals surface area contributed by atoms with Gasteiger partial charge in [-0.15, -0.1) is 0 Å². The predicted molar refractivity (Wildman–Crippen MR) is 82.4 cm³/mol. The van der Waals surface area contributed by atoms with Gasteiger partial charge in [0.2, 0.25) is 0 Å². The first-order valence-corrected chi connectivity index (χ1v) is 6.99. The van der Waals surface area contributed by atoms with E-state index in [1.165, 1.54) is 12.3 Å². The number of rotatable bonds is 6. The molecule has 0 aliphatic carbocycles. The predicted octanol–water partition coefficient (Wildman–Crippen LogP) is 3.11. The Morgan fingerprint density at radius 3 is 2.67 bits per heavy atom. The van der Waals surface area contributed by atoms with Gasteiger partial charge in [0.25, 0.3) is 5.69 Å². The monoisotopic (exact) mass is 289 g/mol. The van der Waals surface area contributed by atoms with Gasteiger partial charge in [0.1, 0.15) is 5.52 Å². The Kier molecular flexibility index (Phi) is 4.37. The molecule has 0 saturated carbocycles. The lowest BCUT2D eigenvalue weighted by Gasteiger charge is -2.26. The Morgan fingerprint density at radius 2 is 2.05 bits per heavy atom. The Bertz CT molecular complexity index is 654. The van der Waals surface area contributed by atoms with Gasteiger partial charge in [-0.3, -0.25) is 10.1 Å². The molecule has 0 aliphatic heterocycles. The molecule has 0 bridgehead atoms. The average Bonchev–Trinajstić information content (AvgIpc) is 2.52. The Labute approximate surface area is 123 Å². The molecule has 0 aliphatic rings. The number of hydrogen-bond donors (Lipinski definition) is 2. The summed E-state index contributed by atoms with van der Waals surface area (Å²) in [5.74, 6) is 0. The number of nitrogens with one attached hydrogen (secondary N) is 1. The lowest BCUT2D eigenvalue weighted by molar-refractivity contribution is -0.383. The van der Waals surface area contributed by atoms with Crippen LogP contribution in [-0.4, -0.2) is 27.2 Å². The summed E-state index contributed by atoms with van der Waals surface area (Å²) in [5, 5.41) is 25.2. The van der Waals surface area contributed by atoms with Crippen LogP contribution in [0.4, 0.5) is 11.4 Å². The van der Waals surface area contributed by atoms with Crippen LogP contribution in [0, 0.1) is 10.1 Å². The van der Waals surface area contributed by atoms with Crippen molar-refractivity contribution in [1.82, 2.24) is 4.98 Å². The summed E-state index contributed by atoms with van der Waals surface area (Å²) < 4.78 is 0. The molecule has 21 heavy (non-hydrogen) atoms. The zero-order chi connectivity index (χ0) is 15.5. The molecule has 0 unspecified atom stereocenters. The summed E-state index contributed by atoms with van der Waals surface area (Å²) in [5.41, 5.74) is 0.293. The number of hydrogen-bond acceptors (Lipinski definition) is 5. The van der Waals surface area contributed by atoms with Gasteiger partial charge in [-0.05, 0) is 31.0 Å². The fourth-order valence-electron chi connectivity index (χ4n) is 2.22. The Balaban J connectivity index is 2.38. The van der Waals surface area contributed by atoms with E-state index < -0.39 is 10.5 Å². The summed E-state index contributed by atoms with van der Waals surface area (Å²) in [6.45, 7) is 4.25. The largest absolute Gasteiger partial charge is 0.388 e. The van der Waals surface area contributed by atoms with Gasteiger partial charge in [0.05, 0.1) is 10.5 Å². The number of nitrogens with zero attached hydrogens (tertiary/aromatic N) is 2. The molecule has 2 rings (SSSR count). The maximum atomic E-state index is 11.0. The molecule has 6 heteroatoms. The number of benzene rings is 1. The lowest BCUT2D eigenvalue weighted by atomic mass is 9.97. The van der Waals surface area contributed by atoms with Gasteiger partial charge in [0, 0.05) is 29.9 Å². The van der Waals surface area contributed by atoms with Gasteiger partial charge in [-0.25, -0.2) is 4.98 Å². The van der Waals surface area contributed by atoms with Crippen LogP contribution >= 0.6 is 0 Å². The highest BCUT2D eigenvalue weighted by Gasteiger charge is 2.22. The fourth-order valence-corrected chi connectivity index (χ4v) is 2.22. The fraction of sp³-hybridized carbons (Fsp3) is 0.400. The van der Waals surface area contributed by atoms with E-state index in [4.69, 9.17) is 0 Å². The number of pyridine rings is 1. The van der Waals surface area contributed by atoms with Gasteiger partial charge in [-0.1, -0.05) is 13.8 Å². The minimum Gasteiger partial charge on any atom is -0.388 e. The van der Waals surface area contributed by atoms with Crippen molar-refractivity contribution in [1.29, 1.82) is 0 Å². The maximum absolute atomic E-state index is 11.0. The van der Waals surface area contributed by atoms with Crippen LogP contribution in [0.3, 0.4) is 0 Å². The summed E-state index contributed by atoms with van der Waals surface area (Å²) in [4.78, 5) is 14.7. The number of nitro groups is 1. The zero-order valence-electron chi connectivity index (χ0n) is 12.2. The van der Waals surface area contributed by atoms with E-state index >= 15 is 0 Å². The third kappa shape index (κ3) is 3.11. The summed E-state index contributed by atoms with van der Waals surface area (Å²) in [6, 6.07) is 6.63. The molecular weight excluding hydrogens is 270 g/mol. The normalized spacial score (nSPS) is 11.6. The van der Waals surface area contributed by atoms with E-state index in [-0.39, 0.29) is 5.69 Å². The van der Waals surface area contributed by atoms with Crippen molar-refractivity contribution in [2.75, 3.05) is 11.9 Å². The molecule has 2 N–H and O–H groups in total. The van der Waals surface area contributed by atoms with Crippen molar-refractivity contribution in [3.8, 4) is 0 Å². The molecular formula is C15H19N3O3. The van der Waals surface area contributed by atoms with Crippen LogP contribution in [-0.2, 0) is 0 Å². The smallest absolute Gasteiger partial charge is 0.295 e. The average molecular weight is 289 g/mol. The zero-order valence-corrected chi connectivity index (χ0v) is 12.2. The SMILES string of the molecule is CCC(O)(CC)CNc1ccc([N+](=O)[O-])c2ncccc12. The molecule has 0 atom stereocenters. The van der Waals surface area contributed by atoms with Crippen molar-refractivity contribution >= 4 is 22.3 Å². The first-order chi connectivity index (χ1) is 10.0. The van der Waals surface area contributed by atoms with Crippen molar-refractivity contribution in [3.05, 3.63) is 40.6 Å². The van der Waals surface area contributed by atoms with E-state index in [0.717, 1.165) is 5.69 Å². The van der Waals surface area contributed by atoms with Crippen LogP contribution in [0.25, 0.3) is 10.9 Å². The molecule has 1 heterocycles. The molecule has 0 radical (unpaired) electrons. The number of non-ortho nitro benzene ring substituents is 1. The van der Waals surface area contributed by atoms with Crippen molar-refractivity contribution in [2.24, 2.45) is 0 Å². The lowest BCUT2D eigenvalue weighted by Crippen LogP contribution is -2.35. The highest BCUT2D eigenvalue weighted by molar-refractivity contribution is 5.96. The van der Waals surface area contributed by atoms with Gasteiger partial charge >= 0.3 is 0 Å². The molecule has 0 saturated heterocycles. The first-order valence-electron chi connectivity index (χ1n) is 6.99. The van der Waals surface area contributed by atoms with Gasteiger partial charge in [0.15, 0.2) is 0 Å². The molecule has 0 fully saturated rings. The number of nitro benzene ring substituents is 1. The number of anilines is 1. The number of aromatic nitrogens is 1. The van der Waals surface area contributed by atoms with E-state index in [0.29, 0.717) is 30.3 Å². The second-order valence-electron chi connectivity index (χ2n) is 5.07. The second kappa shape index (κ2) is 6.05. The number of fused-ring (bicyclic) bond motifs is 1. The maximum Gasteiger partial charge on any atom is 0.295 e. The molecule has 112 valence electrons. The van der Waals surface area contributed by atoms with Crippen molar-refractivity contribution in [2.45, 2.75) is 32.3 Å². The molecule has 6 nitrogen and oxygen atoms in total. The van der Waals surface area contributed by atoms with Crippen molar-refractivity contribution in [3.63, 3.8) is 0 Å². The standard InChI is InChI=1S/C15H19N3O3/c1-3-15(19,4-2)10-17-12-7-8-13(18(20)21)14-11(12)6-5-9-16-14/h5-9,17,19H,3-4,10H2,1-2H3. The second-order valence-corrected chi connectivity index (χ2v) is 5.07. The van der Waals surface area contributed by atoms with Crippen LogP contribution in [0.1, 0.15) is 26.7 Å². The van der Waals surface area contributed by atoms with Crippen LogP contribution in [0.5, 0.6) is 0 Å². The summed E-state index contributed by atoms with van der Waals surface area (Å²) >= 11 is 0. The first kappa shape index (κ1) is 15.2. The molecule has 2 aromatic rings. The minimum absolute atomic E-state index is 0.0163. The third-order valence-corrected chi connectivity index (χ3v) is 3.87. The van der Waals surface area contributed by atoms with Crippen LogP contribution in [0.15, 0.2) is 30.5 Å². The topological polar surface area (TPSA) is 88.3 Å². The van der Waals surface area contributed by atoms with Crippen LogP contribution in [0.2, 0.25) is 0 Å². The third-order valence-electron chi connectivity index (χ3n) is 3.87. The highest BCUT2D eigenvalue weighted by atomic mass is 16.6. The van der Waals surface area contributed by atoms with E-state index in [1.54, 1.807) is 18.2 Å². The summed E-state index contributed by atoms with van der Waals surface area (Å²) in [6.07, 6.45) is 2.81. The van der Waals surface area contributed by atoms with Gasteiger partial charge < -0.3 is 10.4 Å². The van der Waals surface area contributed by atoms with E-state index in [1.807, 2.05) is 13.8 Å². The molecule has 0 spiro atoms. The highest BCUT2D eigenvalue weighted by Crippen LogP contribution is 2.30. The summed E-state index contributed by atoms with van der Waals surface area (Å²) in [7, 11) is 0. The Hall–Kier alpha value is -2.21.